The summed E-state index contributed by atoms with van der Waals surface area (Å²) in [6.45, 7) is 4.89. The van der Waals surface area contributed by atoms with Crippen molar-refractivity contribution >= 4 is 12.1 Å². The molecule has 0 aromatic heterocycles. The number of aliphatic carboxylic acids is 1. The lowest BCUT2D eigenvalue weighted by Gasteiger charge is -2.26. The lowest BCUT2D eigenvalue weighted by molar-refractivity contribution is -0.138. The number of nitrogens with zero attached hydrogens (tertiary/aromatic N) is 1. The molecule has 1 rings (SSSR count). The normalized spacial score (nSPS) is 11.0. The van der Waals surface area contributed by atoms with Gasteiger partial charge in [-0.1, -0.05) is 12.1 Å². The predicted molar refractivity (Wildman–Crippen MR) is 75.5 cm³/mol. The number of halogens is 1. The minimum Gasteiger partial charge on any atom is -0.480 e. The first-order chi connectivity index (χ1) is 9.67. The zero-order valence-electron chi connectivity index (χ0n) is 12.4. The average Bonchev–Trinajstić information content (AvgIpc) is 2.33. The molecule has 1 aromatic rings. The van der Waals surface area contributed by atoms with Gasteiger partial charge in [0.1, 0.15) is 18.0 Å². The Bertz CT molecular complexity index is 493. The maximum atomic E-state index is 12.8. The molecule has 0 aliphatic rings. The van der Waals surface area contributed by atoms with Crippen LogP contribution in [0.1, 0.15) is 26.3 Å². The number of carboxylic acids is 1. The van der Waals surface area contributed by atoms with E-state index in [9.17, 15) is 14.0 Å². The molecule has 0 atom stereocenters. The number of amides is 1. The van der Waals surface area contributed by atoms with E-state index in [0.29, 0.717) is 6.42 Å². The second-order valence-corrected chi connectivity index (χ2v) is 5.67. The third kappa shape index (κ3) is 6.74. The summed E-state index contributed by atoms with van der Waals surface area (Å²) in [5.41, 5.74) is 0.124. The lowest BCUT2D eigenvalue weighted by Crippen LogP contribution is -2.40. The summed E-state index contributed by atoms with van der Waals surface area (Å²) in [7, 11) is 0. The molecule has 0 bridgehead atoms. The largest absolute Gasteiger partial charge is 0.480 e. The number of hydrogen-bond acceptors (Lipinski definition) is 3. The van der Waals surface area contributed by atoms with E-state index >= 15 is 0 Å². The van der Waals surface area contributed by atoms with Crippen LogP contribution in [0.25, 0.3) is 0 Å². The van der Waals surface area contributed by atoms with Gasteiger partial charge >= 0.3 is 12.1 Å². The fourth-order valence-electron chi connectivity index (χ4n) is 1.64. The van der Waals surface area contributed by atoms with Gasteiger partial charge in [-0.05, 0) is 44.9 Å². The van der Waals surface area contributed by atoms with Gasteiger partial charge < -0.3 is 9.84 Å². The Morgan fingerprint density at radius 2 is 1.81 bits per heavy atom. The number of ether oxygens (including phenoxy) is 1. The topological polar surface area (TPSA) is 66.8 Å². The van der Waals surface area contributed by atoms with Gasteiger partial charge in [0.2, 0.25) is 0 Å². The number of hydrogen-bond donors (Lipinski definition) is 1. The van der Waals surface area contributed by atoms with Gasteiger partial charge in [0, 0.05) is 6.54 Å². The maximum Gasteiger partial charge on any atom is 0.410 e. The molecule has 21 heavy (non-hydrogen) atoms. The maximum absolute atomic E-state index is 12.8. The van der Waals surface area contributed by atoms with Gasteiger partial charge in [0.25, 0.3) is 0 Å². The Hall–Kier alpha value is -2.11. The molecule has 0 heterocycles. The number of carbonyl (C=O) groups excluding carboxylic acids is 1. The summed E-state index contributed by atoms with van der Waals surface area (Å²) in [6, 6.07) is 5.85. The quantitative estimate of drug-likeness (QED) is 0.907. The van der Waals surface area contributed by atoms with Crippen molar-refractivity contribution in [1.29, 1.82) is 0 Å². The summed E-state index contributed by atoms with van der Waals surface area (Å²) in [5.74, 6) is -1.45. The summed E-state index contributed by atoms with van der Waals surface area (Å²) >= 11 is 0. The Morgan fingerprint density at radius 1 is 1.24 bits per heavy atom. The zero-order valence-corrected chi connectivity index (χ0v) is 12.4. The number of carboxylic acid groups (broad SMARTS) is 1. The molecule has 0 saturated carbocycles. The minimum atomic E-state index is -1.11. The van der Waals surface area contributed by atoms with Crippen molar-refractivity contribution in [2.45, 2.75) is 32.8 Å². The molecule has 5 nitrogen and oxygen atoms in total. The van der Waals surface area contributed by atoms with Gasteiger partial charge in [-0.2, -0.15) is 0 Å². The van der Waals surface area contributed by atoms with Crippen molar-refractivity contribution < 1.29 is 23.8 Å². The molecular formula is C15H20FNO4. The van der Waals surface area contributed by atoms with Crippen molar-refractivity contribution in [3.63, 3.8) is 0 Å². The van der Waals surface area contributed by atoms with Crippen LogP contribution >= 0.6 is 0 Å². The van der Waals surface area contributed by atoms with E-state index < -0.39 is 24.2 Å². The average molecular weight is 297 g/mol. The SMILES string of the molecule is CC(C)(C)OC(=O)N(CCc1ccc(F)cc1)CC(=O)O. The number of benzene rings is 1. The smallest absolute Gasteiger partial charge is 0.410 e. The van der Waals surface area contributed by atoms with E-state index in [-0.39, 0.29) is 12.4 Å². The third-order valence-electron chi connectivity index (χ3n) is 2.56. The summed E-state index contributed by atoms with van der Waals surface area (Å²) < 4.78 is 18.0. The van der Waals surface area contributed by atoms with E-state index in [1.807, 2.05) is 0 Å². The molecule has 0 fully saturated rings. The van der Waals surface area contributed by atoms with Crippen LogP contribution in [0.3, 0.4) is 0 Å². The van der Waals surface area contributed by atoms with E-state index in [1.54, 1.807) is 32.9 Å². The highest BCUT2D eigenvalue weighted by molar-refractivity contribution is 5.76. The molecule has 0 aliphatic heterocycles. The molecule has 116 valence electrons. The fraction of sp³-hybridized carbons (Fsp3) is 0.467. The Balaban J connectivity index is 2.67. The Kier molecular flexibility index (Phi) is 5.69. The molecule has 1 amide bonds. The molecular weight excluding hydrogens is 277 g/mol. The second-order valence-electron chi connectivity index (χ2n) is 5.67. The Morgan fingerprint density at radius 3 is 2.29 bits per heavy atom. The van der Waals surface area contributed by atoms with Crippen molar-refractivity contribution in [1.82, 2.24) is 4.90 Å². The first-order valence-electron chi connectivity index (χ1n) is 6.61. The molecule has 0 unspecified atom stereocenters. The van der Waals surface area contributed by atoms with Crippen LogP contribution in [0.5, 0.6) is 0 Å². The third-order valence-corrected chi connectivity index (χ3v) is 2.56. The zero-order chi connectivity index (χ0) is 16.0. The van der Waals surface area contributed by atoms with E-state index in [1.165, 1.54) is 12.1 Å². The Labute approximate surface area is 123 Å². The highest BCUT2D eigenvalue weighted by Crippen LogP contribution is 2.11. The summed E-state index contributed by atoms with van der Waals surface area (Å²) in [5, 5.41) is 8.87. The van der Waals surface area contributed by atoms with Crippen LogP contribution in [-0.4, -0.2) is 40.8 Å². The monoisotopic (exact) mass is 297 g/mol. The highest BCUT2D eigenvalue weighted by Gasteiger charge is 2.23. The van der Waals surface area contributed by atoms with Crippen LogP contribution in [0.2, 0.25) is 0 Å². The summed E-state index contributed by atoms with van der Waals surface area (Å²) in [6.07, 6.45) is -0.251. The van der Waals surface area contributed by atoms with Crippen LogP contribution in [0.4, 0.5) is 9.18 Å². The van der Waals surface area contributed by atoms with Crippen LogP contribution in [-0.2, 0) is 16.0 Å². The molecule has 6 heteroatoms. The number of carbonyl (C=O) groups is 2. The standard InChI is InChI=1S/C15H20FNO4/c1-15(2,3)21-14(20)17(10-13(18)19)9-8-11-4-6-12(16)7-5-11/h4-7H,8-10H2,1-3H3,(H,18,19). The van der Waals surface area contributed by atoms with E-state index in [4.69, 9.17) is 9.84 Å². The van der Waals surface area contributed by atoms with Crippen LogP contribution < -0.4 is 0 Å². The predicted octanol–water partition coefficient (Wildman–Crippen LogP) is 2.69. The molecule has 0 spiro atoms. The van der Waals surface area contributed by atoms with Crippen LogP contribution in [0.15, 0.2) is 24.3 Å². The van der Waals surface area contributed by atoms with Gasteiger partial charge in [0.05, 0.1) is 0 Å². The first-order valence-corrected chi connectivity index (χ1v) is 6.61. The highest BCUT2D eigenvalue weighted by atomic mass is 19.1. The molecule has 0 aliphatic carbocycles. The fourth-order valence-corrected chi connectivity index (χ4v) is 1.64. The molecule has 0 saturated heterocycles. The second kappa shape index (κ2) is 7.06. The molecule has 1 aromatic carbocycles. The number of rotatable bonds is 5. The first kappa shape index (κ1) is 16.9. The van der Waals surface area contributed by atoms with Crippen LogP contribution in [0, 0.1) is 5.82 Å². The van der Waals surface area contributed by atoms with E-state index in [2.05, 4.69) is 0 Å². The summed E-state index contributed by atoms with van der Waals surface area (Å²) in [4.78, 5) is 23.9. The lowest BCUT2D eigenvalue weighted by atomic mass is 10.1. The van der Waals surface area contributed by atoms with Gasteiger partial charge in [0.15, 0.2) is 0 Å². The van der Waals surface area contributed by atoms with E-state index in [0.717, 1.165) is 10.5 Å². The minimum absolute atomic E-state index is 0.187. The van der Waals surface area contributed by atoms with Crippen molar-refractivity contribution in [3.8, 4) is 0 Å². The molecule has 1 N–H and O–H groups in total. The van der Waals surface area contributed by atoms with Gasteiger partial charge in [-0.15, -0.1) is 0 Å². The van der Waals surface area contributed by atoms with Gasteiger partial charge in [-0.3, -0.25) is 9.69 Å². The van der Waals surface area contributed by atoms with Crippen molar-refractivity contribution in [3.05, 3.63) is 35.6 Å². The van der Waals surface area contributed by atoms with Crippen molar-refractivity contribution in [2.24, 2.45) is 0 Å². The van der Waals surface area contributed by atoms with Gasteiger partial charge in [-0.25, -0.2) is 9.18 Å². The molecule has 0 radical (unpaired) electrons. The van der Waals surface area contributed by atoms with Crippen molar-refractivity contribution in [2.75, 3.05) is 13.1 Å².